The molecule has 1 unspecified atom stereocenters. The molecule has 7 nitrogen and oxygen atoms in total. The summed E-state index contributed by atoms with van der Waals surface area (Å²) in [5.74, 6) is 0.655. The van der Waals surface area contributed by atoms with Crippen molar-refractivity contribution >= 4 is 28.7 Å². The van der Waals surface area contributed by atoms with Crippen LogP contribution in [0, 0.1) is 13.8 Å². The molecule has 1 amide bonds. The Balaban J connectivity index is 1.68. The third kappa shape index (κ3) is 3.69. The Morgan fingerprint density at radius 2 is 2.17 bits per heavy atom. The smallest absolute Gasteiger partial charge is 0.265 e. The van der Waals surface area contributed by atoms with Gasteiger partial charge in [-0.15, -0.1) is 0 Å². The number of aryl methyl sites for hydroxylation is 2. The highest BCUT2D eigenvalue weighted by atomic mass is 32.2. The molecule has 152 valence electrons. The van der Waals surface area contributed by atoms with E-state index in [2.05, 4.69) is 23.4 Å². The Kier molecular flexibility index (Phi) is 5.45. The minimum Gasteiger partial charge on any atom is -0.356 e. The second-order valence-electron chi connectivity index (χ2n) is 7.53. The van der Waals surface area contributed by atoms with E-state index in [1.54, 1.807) is 15.4 Å². The van der Waals surface area contributed by atoms with Gasteiger partial charge in [-0.3, -0.25) is 14.2 Å². The van der Waals surface area contributed by atoms with Gasteiger partial charge in [0.1, 0.15) is 5.39 Å². The Hall–Kier alpha value is -2.61. The first-order chi connectivity index (χ1) is 14.0. The van der Waals surface area contributed by atoms with E-state index in [4.69, 9.17) is 4.98 Å². The number of fused-ring (bicyclic) bond motifs is 2. The fraction of sp³-hybridized carbons (Fsp3) is 0.429. The first-order valence-corrected chi connectivity index (χ1v) is 11.0. The molecule has 0 saturated carbocycles. The largest absolute Gasteiger partial charge is 0.356 e. The fourth-order valence-corrected chi connectivity index (χ4v) is 4.82. The number of unbranched alkanes of at least 4 members (excludes halogenated alkanes) is 1. The van der Waals surface area contributed by atoms with Crippen LogP contribution in [0.4, 0.5) is 0 Å². The molecule has 2 aromatic heterocycles. The standard InChI is InChI=1S/C21H25N5O2S/c1-4-5-8-22-18(27)10-15-12-29-21-24-19-16(20(28)25(15)21)11-23-26(19)17-7-6-13(2)9-14(17)3/h6-7,9,11,15H,4-5,8,10,12H2,1-3H3,(H,22,27). The molecule has 1 aromatic carbocycles. The topological polar surface area (TPSA) is 81.8 Å². The van der Waals surface area contributed by atoms with E-state index >= 15 is 0 Å². The maximum Gasteiger partial charge on any atom is 0.265 e. The lowest BCUT2D eigenvalue weighted by Gasteiger charge is -2.13. The number of aromatic nitrogens is 4. The summed E-state index contributed by atoms with van der Waals surface area (Å²) in [4.78, 5) is 30.2. The zero-order valence-corrected chi connectivity index (χ0v) is 17.8. The van der Waals surface area contributed by atoms with Crippen molar-refractivity contribution < 1.29 is 4.79 Å². The number of thioether (sulfide) groups is 1. The number of hydrogen-bond acceptors (Lipinski definition) is 5. The number of carbonyl (C=O) groups is 1. The van der Waals surface area contributed by atoms with Crippen LogP contribution in [0.1, 0.15) is 43.4 Å². The zero-order chi connectivity index (χ0) is 20.5. The Morgan fingerprint density at radius 3 is 2.93 bits per heavy atom. The molecule has 0 aliphatic carbocycles. The molecule has 0 saturated heterocycles. The lowest BCUT2D eigenvalue weighted by Crippen LogP contribution is -2.31. The number of benzene rings is 1. The minimum absolute atomic E-state index is 0.0186. The van der Waals surface area contributed by atoms with Crippen molar-refractivity contribution in [3.8, 4) is 5.69 Å². The maximum absolute atomic E-state index is 13.2. The number of nitrogens with one attached hydrogen (secondary N) is 1. The van der Waals surface area contributed by atoms with Crippen LogP contribution in [0.15, 0.2) is 34.3 Å². The van der Waals surface area contributed by atoms with Crippen LogP contribution in [0.2, 0.25) is 0 Å². The summed E-state index contributed by atoms with van der Waals surface area (Å²) < 4.78 is 3.40. The van der Waals surface area contributed by atoms with Gasteiger partial charge in [0.2, 0.25) is 5.91 Å². The van der Waals surface area contributed by atoms with E-state index in [-0.39, 0.29) is 17.5 Å². The van der Waals surface area contributed by atoms with E-state index < -0.39 is 0 Å². The van der Waals surface area contributed by atoms with Gasteiger partial charge in [0.05, 0.1) is 17.9 Å². The van der Waals surface area contributed by atoms with Crippen molar-refractivity contribution in [3.05, 3.63) is 45.9 Å². The third-order valence-electron chi connectivity index (χ3n) is 5.22. The molecular weight excluding hydrogens is 386 g/mol. The molecule has 1 aliphatic rings. The number of rotatable bonds is 6. The molecular formula is C21H25N5O2S. The molecule has 8 heteroatoms. The summed E-state index contributed by atoms with van der Waals surface area (Å²) >= 11 is 1.52. The summed E-state index contributed by atoms with van der Waals surface area (Å²) in [5, 5.41) is 8.51. The van der Waals surface area contributed by atoms with Crippen molar-refractivity contribution in [2.24, 2.45) is 0 Å². The Morgan fingerprint density at radius 1 is 1.34 bits per heavy atom. The van der Waals surface area contributed by atoms with Crippen molar-refractivity contribution in [1.82, 2.24) is 24.6 Å². The van der Waals surface area contributed by atoms with Gasteiger partial charge in [0, 0.05) is 18.7 Å². The number of amides is 1. The van der Waals surface area contributed by atoms with Crippen LogP contribution >= 0.6 is 11.8 Å². The van der Waals surface area contributed by atoms with Gasteiger partial charge < -0.3 is 5.32 Å². The molecule has 0 bridgehead atoms. The summed E-state index contributed by atoms with van der Waals surface area (Å²) in [6.07, 6.45) is 3.87. The van der Waals surface area contributed by atoms with Crippen molar-refractivity contribution in [3.63, 3.8) is 0 Å². The van der Waals surface area contributed by atoms with Crippen LogP contribution in [0.3, 0.4) is 0 Å². The van der Waals surface area contributed by atoms with Crippen LogP contribution in [-0.4, -0.2) is 37.5 Å². The van der Waals surface area contributed by atoms with E-state index in [1.807, 2.05) is 26.0 Å². The van der Waals surface area contributed by atoms with E-state index in [9.17, 15) is 9.59 Å². The highest BCUT2D eigenvalue weighted by molar-refractivity contribution is 7.99. The maximum atomic E-state index is 13.2. The second-order valence-corrected chi connectivity index (χ2v) is 8.51. The molecule has 4 rings (SSSR count). The predicted molar refractivity (Wildman–Crippen MR) is 115 cm³/mol. The van der Waals surface area contributed by atoms with Crippen LogP contribution in [0.5, 0.6) is 0 Å². The van der Waals surface area contributed by atoms with Gasteiger partial charge in [0.15, 0.2) is 10.8 Å². The lowest BCUT2D eigenvalue weighted by atomic mass is 10.1. The average molecular weight is 412 g/mol. The minimum atomic E-state index is -0.175. The second kappa shape index (κ2) is 8.02. The molecule has 3 aromatic rings. The molecule has 1 N–H and O–H groups in total. The molecule has 0 fully saturated rings. The third-order valence-corrected chi connectivity index (χ3v) is 6.32. The van der Waals surface area contributed by atoms with E-state index in [1.165, 1.54) is 17.3 Å². The van der Waals surface area contributed by atoms with Crippen molar-refractivity contribution in [2.45, 2.75) is 51.2 Å². The normalized spacial score (nSPS) is 15.6. The lowest BCUT2D eigenvalue weighted by molar-refractivity contribution is -0.121. The van der Waals surface area contributed by atoms with Gasteiger partial charge >= 0.3 is 0 Å². The van der Waals surface area contributed by atoms with Gasteiger partial charge in [0.25, 0.3) is 5.56 Å². The van der Waals surface area contributed by atoms with Crippen LogP contribution in [-0.2, 0) is 4.79 Å². The Labute approximate surface area is 173 Å². The number of nitrogens with zero attached hydrogens (tertiary/aromatic N) is 4. The van der Waals surface area contributed by atoms with E-state index in [0.29, 0.717) is 34.9 Å². The Bertz CT molecular complexity index is 1130. The number of hydrogen-bond donors (Lipinski definition) is 1. The predicted octanol–water partition coefficient (Wildman–Crippen LogP) is 3.15. The highest BCUT2D eigenvalue weighted by Crippen LogP contribution is 2.33. The number of carbonyl (C=O) groups excluding carboxylic acids is 1. The summed E-state index contributed by atoms with van der Waals surface area (Å²) in [6.45, 7) is 6.84. The molecule has 0 radical (unpaired) electrons. The molecule has 1 atom stereocenters. The first-order valence-electron chi connectivity index (χ1n) is 9.97. The van der Waals surface area contributed by atoms with Crippen LogP contribution in [0.25, 0.3) is 16.7 Å². The van der Waals surface area contributed by atoms with Crippen molar-refractivity contribution in [1.29, 1.82) is 0 Å². The van der Waals surface area contributed by atoms with Gasteiger partial charge in [-0.1, -0.05) is 42.8 Å². The quantitative estimate of drug-likeness (QED) is 0.498. The summed E-state index contributed by atoms with van der Waals surface area (Å²) in [7, 11) is 0. The van der Waals surface area contributed by atoms with E-state index in [0.717, 1.165) is 24.1 Å². The van der Waals surface area contributed by atoms with Gasteiger partial charge in [-0.2, -0.15) is 5.10 Å². The van der Waals surface area contributed by atoms with Gasteiger partial charge in [-0.05, 0) is 31.9 Å². The molecule has 0 spiro atoms. The summed E-state index contributed by atoms with van der Waals surface area (Å²) in [6, 6.07) is 5.94. The van der Waals surface area contributed by atoms with Crippen molar-refractivity contribution in [2.75, 3.05) is 12.3 Å². The monoisotopic (exact) mass is 411 g/mol. The molecule has 3 heterocycles. The molecule has 1 aliphatic heterocycles. The summed E-state index contributed by atoms with van der Waals surface area (Å²) in [5.41, 5.74) is 3.60. The SMILES string of the molecule is CCCCNC(=O)CC1CSc2nc3c(cnn3-c3ccc(C)cc3C)c(=O)n21. The average Bonchev–Trinajstić information content (AvgIpc) is 3.27. The zero-order valence-electron chi connectivity index (χ0n) is 16.9. The molecule has 29 heavy (non-hydrogen) atoms. The van der Waals surface area contributed by atoms with Crippen LogP contribution < -0.4 is 10.9 Å². The first kappa shape index (κ1) is 19.7. The van der Waals surface area contributed by atoms with Gasteiger partial charge in [-0.25, -0.2) is 9.67 Å². The highest BCUT2D eigenvalue weighted by Gasteiger charge is 2.29. The fourth-order valence-electron chi connectivity index (χ4n) is 3.69.